The van der Waals surface area contributed by atoms with E-state index in [0.717, 1.165) is 5.92 Å². The summed E-state index contributed by atoms with van der Waals surface area (Å²) in [5.74, 6) is 0.839. The number of piperidine rings is 1. The second-order valence-electron chi connectivity index (χ2n) is 3.59. The third-order valence-corrected chi connectivity index (χ3v) is 2.53. The van der Waals surface area contributed by atoms with E-state index < -0.39 is 0 Å². The van der Waals surface area contributed by atoms with Crippen LogP contribution in [0.15, 0.2) is 24.5 Å². The summed E-state index contributed by atoms with van der Waals surface area (Å²) in [5, 5.41) is 3.43. The zero-order valence-electron chi connectivity index (χ0n) is 7.37. The number of rotatable bonds is 2. The van der Waals surface area contributed by atoms with E-state index in [2.05, 4.69) is 34.4 Å². The standard InChI is InChI=1S/C10H16N2/c1-2-7-12(6-1)9-10-4-3-5-11-8-10/h1-2,6-7,10-11H,3-5,8-9H2/t10-/m1/s1. The van der Waals surface area contributed by atoms with Crippen molar-refractivity contribution >= 4 is 0 Å². The van der Waals surface area contributed by atoms with Crippen molar-refractivity contribution in [2.45, 2.75) is 19.4 Å². The largest absolute Gasteiger partial charge is 0.354 e. The van der Waals surface area contributed by atoms with Gasteiger partial charge in [0.2, 0.25) is 0 Å². The molecule has 1 fully saturated rings. The lowest BCUT2D eigenvalue weighted by Crippen LogP contribution is -2.31. The summed E-state index contributed by atoms with van der Waals surface area (Å²) in [6.45, 7) is 3.58. The first kappa shape index (κ1) is 7.87. The summed E-state index contributed by atoms with van der Waals surface area (Å²) in [7, 11) is 0. The molecule has 0 aromatic carbocycles. The third kappa shape index (κ3) is 1.89. The monoisotopic (exact) mass is 164 g/mol. The van der Waals surface area contributed by atoms with E-state index in [-0.39, 0.29) is 0 Å². The molecule has 0 spiro atoms. The van der Waals surface area contributed by atoms with Gasteiger partial charge in [0.1, 0.15) is 0 Å². The number of nitrogens with one attached hydrogen (secondary N) is 1. The molecular formula is C10H16N2. The Morgan fingerprint density at radius 3 is 2.83 bits per heavy atom. The van der Waals surface area contributed by atoms with E-state index in [1.807, 2.05) is 0 Å². The predicted molar refractivity (Wildman–Crippen MR) is 50.0 cm³/mol. The maximum atomic E-state index is 3.43. The van der Waals surface area contributed by atoms with Crippen molar-refractivity contribution in [3.63, 3.8) is 0 Å². The Labute approximate surface area is 73.6 Å². The molecule has 2 rings (SSSR count). The summed E-state index contributed by atoms with van der Waals surface area (Å²) >= 11 is 0. The fourth-order valence-electron chi connectivity index (χ4n) is 1.87. The molecule has 66 valence electrons. The Morgan fingerprint density at radius 2 is 2.17 bits per heavy atom. The molecule has 0 aliphatic carbocycles. The first-order valence-electron chi connectivity index (χ1n) is 4.76. The van der Waals surface area contributed by atoms with Crippen LogP contribution in [0.5, 0.6) is 0 Å². The summed E-state index contributed by atoms with van der Waals surface area (Å²) in [6, 6.07) is 4.19. The molecule has 1 N–H and O–H groups in total. The molecule has 1 aliphatic heterocycles. The lowest BCUT2D eigenvalue weighted by molar-refractivity contribution is 0.337. The second kappa shape index (κ2) is 3.76. The van der Waals surface area contributed by atoms with E-state index in [1.165, 1.54) is 32.5 Å². The molecule has 2 heteroatoms. The van der Waals surface area contributed by atoms with Crippen LogP contribution in [0.3, 0.4) is 0 Å². The number of nitrogens with zero attached hydrogens (tertiary/aromatic N) is 1. The van der Waals surface area contributed by atoms with Gasteiger partial charge in [0.15, 0.2) is 0 Å². The zero-order valence-corrected chi connectivity index (χ0v) is 7.37. The normalized spacial score (nSPS) is 24.2. The minimum absolute atomic E-state index is 0.839. The molecule has 1 atom stereocenters. The maximum Gasteiger partial charge on any atom is 0.0260 e. The summed E-state index contributed by atoms with van der Waals surface area (Å²) in [5.41, 5.74) is 0. The Bertz CT molecular complexity index is 210. The Kier molecular flexibility index (Phi) is 2.47. The van der Waals surface area contributed by atoms with Crippen molar-refractivity contribution < 1.29 is 0 Å². The van der Waals surface area contributed by atoms with Crippen molar-refractivity contribution in [2.75, 3.05) is 13.1 Å². The van der Waals surface area contributed by atoms with Crippen LogP contribution in [0.4, 0.5) is 0 Å². The molecule has 2 heterocycles. The molecule has 0 amide bonds. The Balaban J connectivity index is 1.86. The fraction of sp³-hybridized carbons (Fsp3) is 0.600. The van der Waals surface area contributed by atoms with Crippen LogP contribution in [-0.4, -0.2) is 17.7 Å². The van der Waals surface area contributed by atoms with Gasteiger partial charge >= 0.3 is 0 Å². The average Bonchev–Trinajstić information content (AvgIpc) is 2.59. The highest BCUT2D eigenvalue weighted by Crippen LogP contribution is 2.12. The van der Waals surface area contributed by atoms with Crippen LogP contribution in [-0.2, 0) is 6.54 Å². The van der Waals surface area contributed by atoms with E-state index in [4.69, 9.17) is 0 Å². The summed E-state index contributed by atoms with van der Waals surface area (Å²) in [4.78, 5) is 0. The van der Waals surface area contributed by atoms with E-state index in [9.17, 15) is 0 Å². The number of hydrogen-bond donors (Lipinski definition) is 1. The molecule has 0 unspecified atom stereocenters. The number of hydrogen-bond acceptors (Lipinski definition) is 1. The molecule has 1 saturated heterocycles. The lowest BCUT2D eigenvalue weighted by Gasteiger charge is -2.22. The minimum Gasteiger partial charge on any atom is -0.354 e. The first-order chi connectivity index (χ1) is 5.95. The molecule has 0 bridgehead atoms. The predicted octanol–water partition coefficient (Wildman–Crippen LogP) is 1.49. The Morgan fingerprint density at radius 1 is 1.33 bits per heavy atom. The van der Waals surface area contributed by atoms with Gasteiger partial charge < -0.3 is 9.88 Å². The van der Waals surface area contributed by atoms with Crippen LogP contribution >= 0.6 is 0 Å². The fourth-order valence-corrected chi connectivity index (χ4v) is 1.87. The quantitative estimate of drug-likeness (QED) is 0.700. The Hall–Kier alpha value is -0.760. The van der Waals surface area contributed by atoms with Gasteiger partial charge in [-0.2, -0.15) is 0 Å². The summed E-state index contributed by atoms with van der Waals surface area (Å²) in [6.07, 6.45) is 7.01. The third-order valence-electron chi connectivity index (χ3n) is 2.53. The van der Waals surface area contributed by atoms with Crippen LogP contribution in [0, 0.1) is 5.92 Å². The van der Waals surface area contributed by atoms with Gasteiger partial charge in [-0.3, -0.25) is 0 Å². The van der Waals surface area contributed by atoms with Crippen molar-refractivity contribution in [1.82, 2.24) is 9.88 Å². The highest BCUT2D eigenvalue weighted by atomic mass is 15.0. The van der Waals surface area contributed by atoms with Crippen molar-refractivity contribution in [3.8, 4) is 0 Å². The minimum atomic E-state index is 0.839. The van der Waals surface area contributed by atoms with Crippen LogP contribution in [0.25, 0.3) is 0 Å². The van der Waals surface area contributed by atoms with Gasteiger partial charge in [0, 0.05) is 18.9 Å². The van der Waals surface area contributed by atoms with Crippen LogP contribution in [0.1, 0.15) is 12.8 Å². The highest BCUT2D eigenvalue weighted by Gasteiger charge is 2.12. The second-order valence-corrected chi connectivity index (χ2v) is 3.59. The van der Waals surface area contributed by atoms with Gasteiger partial charge in [-0.1, -0.05) is 0 Å². The molecule has 0 radical (unpaired) electrons. The SMILES string of the molecule is c1ccn(C[C@@H]2CCCNC2)c1. The average molecular weight is 164 g/mol. The first-order valence-corrected chi connectivity index (χ1v) is 4.76. The van der Waals surface area contributed by atoms with E-state index in [1.54, 1.807) is 0 Å². The topological polar surface area (TPSA) is 17.0 Å². The zero-order chi connectivity index (χ0) is 8.23. The molecule has 0 saturated carbocycles. The molecule has 2 nitrogen and oxygen atoms in total. The van der Waals surface area contributed by atoms with Crippen LogP contribution < -0.4 is 5.32 Å². The van der Waals surface area contributed by atoms with Gasteiger partial charge in [0.25, 0.3) is 0 Å². The lowest BCUT2D eigenvalue weighted by atomic mass is 10.00. The highest BCUT2D eigenvalue weighted by molar-refractivity contribution is 4.91. The van der Waals surface area contributed by atoms with Gasteiger partial charge in [-0.15, -0.1) is 0 Å². The van der Waals surface area contributed by atoms with Gasteiger partial charge in [-0.05, 0) is 44.0 Å². The maximum absolute atomic E-state index is 3.43. The van der Waals surface area contributed by atoms with Crippen LogP contribution in [0.2, 0.25) is 0 Å². The number of aromatic nitrogens is 1. The van der Waals surface area contributed by atoms with Crippen molar-refractivity contribution in [1.29, 1.82) is 0 Å². The van der Waals surface area contributed by atoms with Gasteiger partial charge in [-0.25, -0.2) is 0 Å². The summed E-state index contributed by atoms with van der Waals surface area (Å²) < 4.78 is 2.28. The molecule has 1 aromatic heterocycles. The van der Waals surface area contributed by atoms with Gasteiger partial charge in [0.05, 0.1) is 0 Å². The molecule has 1 aliphatic rings. The molecular weight excluding hydrogens is 148 g/mol. The van der Waals surface area contributed by atoms with Crippen molar-refractivity contribution in [3.05, 3.63) is 24.5 Å². The van der Waals surface area contributed by atoms with Crippen molar-refractivity contribution in [2.24, 2.45) is 5.92 Å². The molecule has 12 heavy (non-hydrogen) atoms. The smallest absolute Gasteiger partial charge is 0.0260 e. The van der Waals surface area contributed by atoms with E-state index >= 15 is 0 Å². The van der Waals surface area contributed by atoms with E-state index in [0.29, 0.717) is 0 Å². The molecule has 1 aromatic rings.